The predicted molar refractivity (Wildman–Crippen MR) is 80.4 cm³/mol. The molecular formula is C16H32N2O. The van der Waals surface area contributed by atoms with E-state index in [4.69, 9.17) is 0 Å². The van der Waals surface area contributed by atoms with Crippen molar-refractivity contribution < 1.29 is 5.11 Å². The molecule has 0 spiro atoms. The molecular weight excluding hydrogens is 236 g/mol. The minimum atomic E-state index is -0.0228. The van der Waals surface area contributed by atoms with E-state index in [0.717, 1.165) is 18.9 Å². The Hall–Kier alpha value is -0.120. The van der Waals surface area contributed by atoms with Crippen LogP contribution in [0.5, 0.6) is 0 Å². The zero-order chi connectivity index (χ0) is 13.7. The highest BCUT2D eigenvalue weighted by Crippen LogP contribution is 2.34. The summed E-state index contributed by atoms with van der Waals surface area (Å²) < 4.78 is 0. The third-order valence-electron chi connectivity index (χ3n) is 5.53. The summed E-state index contributed by atoms with van der Waals surface area (Å²) in [6, 6.07) is 1.47. The predicted octanol–water partition coefficient (Wildman–Crippen LogP) is 2.53. The first-order valence-corrected chi connectivity index (χ1v) is 8.30. The van der Waals surface area contributed by atoms with Crippen LogP contribution < -0.4 is 5.32 Å². The molecule has 0 aliphatic heterocycles. The topological polar surface area (TPSA) is 35.5 Å². The van der Waals surface area contributed by atoms with E-state index in [1.54, 1.807) is 0 Å². The van der Waals surface area contributed by atoms with Crippen molar-refractivity contribution in [1.82, 2.24) is 10.2 Å². The summed E-state index contributed by atoms with van der Waals surface area (Å²) >= 11 is 0. The van der Waals surface area contributed by atoms with Gasteiger partial charge in [-0.3, -0.25) is 4.90 Å². The Morgan fingerprint density at radius 1 is 1.11 bits per heavy atom. The quantitative estimate of drug-likeness (QED) is 0.804. The maximum atomic E-state index is 9.74. The van der Waals surface area contributed by atoms with Crippen LogP contribution in [0.15, 0.2) is 0 Å². The molecule has 2 saturated carbocycles. The van der Waals surface area contributed by atoms with Gasteiger partial charge in [0.1, 0.15) is 0 Å². The molecule has 3 nitrogen and oxygen atoms in total. The number of hydrogen-bond acceptors (Lipinski definition) is 3. The summed E-state index contributed by atoms with van der Waals surface area (Å²) in [5.41, 5.74) is -0.0228. The smallest absolute Gasteiger partial charge is 0.0613 e. The van der Waals surface area contributed by atoms with Crippen LogP contribution in [0.2, 0.25) is 0 Å². The summed E-state index contributed by atoms with van der Waals surface area (Å²) in [6.45, 7) is 3.76. The van der Waals surface area contributed by atoms with Crippen LogP contribution in [0.25, 0.3) is 0 Å². The fourth-order valence-corrected chi connectivity index (χ4v) is 4.29. The van der Waals surface area contributed by atoms with E-state index in [9.17, 15) is 5.11 Å². The van der Waals surface area contributed by atoms with Gasteiger partial charge in [0.05, 0.1) is 6.61 Å². The Kier molecular flexibility index (Phi) is 5.67. The Labute approximate surface area is 118 Å². The number of rotatable bonds is 5. The summed E-state index contributed by atoms with van der Waals surface area (Å²) in [7, 11) is 2.01. The van der Waals surface area contributed by atoms with E-state index >= 15 is 0 Å². The Morgan fingerprint density at radius 3 is 2.37 bits per heavy atom. The molecule has 0 aromatic heterocycles. The van der Waals surface area contributed by atoms with E-state index in [1.807, 2.05) is 7.05 Å². The molecule has 2 rings (SSSR count). The molecule has 2 aliphatic carbocycles. The van der Waals surface area contributed by atoms with E-state index in [-0.39, 0.29) is 12.1 Å². The van der Waals surface area contributed by atoms with E-state index in [0.29, 0.717) is 6.04 Å². The van der Waals surface area contributed by atoms with Crippen molar-refractivity contribution >= 4 is 0 Å². The monoisotopic (exact) mass is 268 g/mol. The highest BCUT2D eigenvalue weighted by Gasteiger charge is 2.38. The summed E-state index contributed by atoms with van der Waals surface area (Å²) in [4.78, 5) is 2.75. The van der Waals surface area contributed by atoms with Gasteiger partial charge in [0.15, 0.2) is 0 Å². The van der Waals surface area contributed by atoms with Crippen molar-refractivity contribution in [2.75, 3.05) is 20.2 Å². The first-order chi connectivity index (χ1) is 9.24. The summed E-state index contributed by atoms with van der Waals surface area (Å²) in [5, 5.41) is 13.1. The van der Waals surface area contributed by atoms with Crippen LogP contribution in [-0.2, 0) is 0 Å². The molecule has 0 radical (unpaired) electrons. The lowest BCUT2D eigenvalue weighted by Crippen LogP contribution is -2.56. The number of likely N-dealkylation sites (N-methyl/N-ethyl adjacent to an activating group) is 1. The molecule has 0 heterocycles. The maximum absolute atomic E-state index is 9.74. The second-order valence-corrected chi connectivity index (χ2v) is 6.56. The van der Waals surface area contributed by atoms with Crippen molar-refractivity contribution in [3.63, 3.8) is 0 Å². The SMILES string of the molecule is CCN(C1CCCCC1)C1CCCC(CO)(NC)C1. The average molecular weight is 268 g/mol. The molecule has 19 heavy (non-hydrogen) atoms. The summed E-state index contributed by atoms with van der Waals surface area (Å²) in [5.74, 6) is 0. The van der Waals surface area contributed by atoms with Gasteiger partial charge < -0.3 is 10.4 Å². The fourth-order valence-electron chi connectivity index (χ4n) is 4.29. The van der Waals surface area contributed by atoms with Crippen molar-refractivity contribution in [2.24, 2.45) is 0 Å². The molecule has 0 bridgehead atoms. The van der Waals surface area contributed by atoms with Crippen LogP contribution in [0.4, 0.5) is 0 Å². The molecule has 0 aromatic carbocycles. The van der Waals surface area contributed by atoms with Gasteiger partial charge in [-0.2, -0.15) is 0 Å². The number of aliphatic hydroxyl groups excluding tert-OH is 1. The van der Waals surface area contributed by atoms with Crippen LogP contribution in [-0.4, -0.2) is 47.8 Å². The van der Waals surface area contributed by atoms with Crippen molar-refractivity contribution in [2.45, 2.75) is 82.3 Å². The zero-order valence-electron chi connectivity index (χ0n) is 12.8. The Morgan fingerprint density at radius 2 is 1.79 bits per heavy atom. The molecule has 112 valence electrons. The second-order valence-electron chi connectivity index (χ2n) is 6.56. The second kappa shape index (κ2) is 7.05. The van der Waals surface area contributed by atoms with Crippen LogP contribution in [0.3, 0.4) is 0 Å². The van der Waals surface area contributed by atoms with Gasteiger partial charge in [-0.25, -0.2) is 0 Å². The van der Waals surface area contributed by atoms with Gasteiger partial charge in [0, 0.05) is 17.6 Å². The lowest BCUT2D eigenvalue weighted by atomic mass is 9.78. The van der Waals surface area contributed by atoms with Crippen LogP contribution in [0, 0.1) is 0 Å². The molecule has 2 unspecified atom stereocenters. The summed E-state index contributed by atoms with van der Waals surface area (Å²) in [6.07, 6.45) is 11.8. The minimum Gasteiger partial charge on any atom is -0.394 e. The molecule has 2 N–H and O–H groups in total. The zero-order valence-corrected chi connectivity index (χ0v) is 12.8. The molecule has 0 aromatic rings. The molecule has 0 saturated heterocycles. The molecule has 2 fully saturated rings. The lowest BCUT2D eigenvalue weighted by Gasteiger charge is -2.47. The molecule has 2 aliphatic rings. The van der Waals surface area contributed by atoms with Gasteiger partial charge >= 0.3 is 0 Å². The van der Waals surface area contributed by atoms with E-state index in [2.05, 4.69) is 17.1 Å². The number of nitrogens with zero attached hydrogens (tertiary/aromatic N) is 1. The first-order valence-electron chi connectivity index (χ1n) is 8.30. The molecule has 0 amide bonds. The van der Waals surface area contributed by atoms with Crippen LogP contribution >= 0.6 is 0 Å². The van der Waals surface area contributed by atoms with Crippen molar-refractivity contribution in [3.8, 4) is 0 Å². The van der Waals surface area contributed by atoms with Crippen LogP contribution in [0.1, 0.15) is 64.7 Å². The molecule has 3 heteroatoms. The van der Waals surface area contributed by atoms with Gasteiger partial charge in [0.25, 0.3) is 0 Å². The van der Waals surface area contributed by atoms with Crippen molar-refractivity contribution in [1.29, 1.82) is 0 Å². The first kappa shape index (κ1) is 15.3. The lowest BCUT2D eigenvalue weighted by molar-refractivity contribution is 0.0345. The average Bonchev–Trinajstić information content (AvgIpc) is 2.49. The number of aliphatic hydroxyl groups is 1. The highest BCUT2D eigenvalue weighted by molar-refractivity contribution is 4.96. The Bertz CT molecular complexity index is 259. The standard InChI is InChI=1S/C16H32N2O/c1-3-18(14-8-5-4-6-9-14)15-10-7-11-16(12-15,13-19)17-2/h14-15,17,19H,3-13H2,1-2H3. The highest BCUT2D eigenvalue weighted by atomic mass is 16.3. The maximum Gasteiger partial charge on any atom is 0.0613 e. The largest absolute Gasteiger partial charge is 0.394 e. The fraction of sp³-hybridized carbons (Fsp3) is 1.00. The van der Waals surface area contributed by atoms with E-state index in [1.165, 1.54) is 51.5 Å². The van der Waals surface area contributed by atoms with E-state index < -0.39 is 0 Å². The number of nitrogens with one attached hydrogen (secondary N) is 1. The van der Waals surface area contributed by atoms with Gasteiger partial charge in [0.2, 0.25) is 0 Å². The van der Waals surface area contributed by atoms with Crippen molar-refractivity contribution in [3.05, 3.63) is 0 Å². The number of hydrogen-bond donors (Lipinski definition) is 2. The van der Waals surface area contributed by atoms with Gasteiger partial charge in [-0.15, -0.1) is 0 Å². The third-order valence-corrected chi connectivity index (χ3v) is 5.53. The minimum absolute atomic E-state index is 0.0228. The third kappa shape index (κ3) is 3.50. The van der Waals surface area contributed by atoms with Gasteiger partial charge in [-0.05, 0) is 52.1 Å². The molecule has 2 atom stereocenters. The van der Waals surface area contributed by atoms with Gasteiger partial charge in [-0.1, -0.05) is 26.2 Å². The normalized spacial score (nSPS) is 33.8. The Balaban J connectivity index is 2.01.